The van der Waals surface area contributed by atoms with Crippen LogP contribution < -0.4 is 0 Å². The van der Waals surface area contributed by atoms with Gasteiger partial charge in [0.05, 0.1) is 12.2 Å². The number of fused-ring (bicyclic) bond motifs is 5. The summed E-state index contributed by atoms with van der Waals surface area (Å²) in [5.74, 6) is 2.96. The molecule has 33 heavy (non-hydrogen) atoms. The van der Waals surface area contributed by atoms with Gasteiger partial charge in [-0.2, -0.15) is 0 Å². The second-order valence-electron chi connectivity index (χ2n) is 13.0. The molecule has 4 nitrogen and oxygen atoms in total. The third-order valence-corrected chi connectivity index (χ3v) is 10.7. The van der Waals surface area contributed by atoms with E-state index in [1.165, 1.54) is 50.5 Å². The lowest BCUT2D eigenvalue weighted by atomic mass is 9.46. The van der Waals surface area contributed by atoms with Crippen molar-refractivity contribution in [3.8, 4) is 0 Å². The Morgan fingerprint density at radius 3 is 2.55 bits per heavy atom. The molecule has 3 fully saturated rings. The van der Waals surface area contributed by atoms with Gasteiger partial charge in [-0.1, -0.05) is 65.5 Å². The number of ether oxygens (including phenoxy) is 1. The molecular weight excluding hydrogens is 412 g/mol. The molecule has 0 aliphatic heterocycles. The fraction of sp³-hybridized carbons (Fsp3) is 0.897. The number of carboxylic acid groups (broad SMARTS) is 1. The average molecular weight is 461 g/mol. The predicted molar refractivity (Wildman–Crippen MR) is 132 cm³/mol. The summed E-state index contributed by atoms with van der Waals surface area (Å²) in [6.45, 7) is 11.9. The van der Waals surface area contributed by atoms with Crippen molar-refractivity contribution < 1.29 is 19.7 Å². The molecular formula is C29H48O4. The van der Waals surface area contributed by atoms with Gasteiger partial charge in [0.15, 0.2) is 0 Å². The molecule has 0 unspecified atom stereocenters. The van der Waals surface area contributed by atoms with Crippen molar-refractivity contribution in [3.63, 3.8) is 0 Å². The Kier molecular flexibility index (Phi) is 7.37. The Labute approximate surface area is 201 Å². The summed E-state index contributed by atoms with van der Waals surface area (Å²) in [4.78, 5) is 11.4. The van der Waals surface area contributed by atoms with E-state index >= 15 is 0 Å². The van der Waals surface area contributed by atoms with Gasteiger partial charge in [0.2, 0.25) is 0 Å². The minimum absolute atomic E-state index is 0.126. The zero-order chi connectivity index (χ0) is 24.0. The summed E-state index contributed by atoms with van der Waals surface area (Å²) in [5.41, 5.74) is 1.80. The normalized spacial score (nSPS) is 43.4. The third-order valence-electron chi connectivity index (χ3n) is 10.7. The second-order valence-corrected chi connectivity index (χ2v) is 13.0. The molecule has 0 radical (unpaired) electrons. The van der Waals surface area contributed by atoms with Gasteiger partial charge in [0, 0.05) is 0 Å². The van der Waals surface area contributed by atoms with Crippen LogP contribution in [0.4, 0.5) is 0 Å². The smallest absolute Gasteiger partial charge is 0.329 e. The van der Waals surface area contributed by atoms with Crippen LogP contribution in [-0.2, 0) is 9.53 Å². The lowest BCUT2D eigenvalue weighted by Crippen LogP contribution is -2.55. The molecule has 0 heterocycles. The van der Waals surface area contributed by atoms with E-state index in [-0.39, 0.29) is 24.2 Å². The van der Waals surface area contributed by atoms with Crippen LogP contribution in [0.2, 0.25) is 0 Å². The molecule has 9 atom stereocenters. The third kappa shape index (κ3) is 4.68. The molecule has 2 N–H and O–H groups in total. The minimum atomic E-state index is -0.886. The summed E-state index contributed by atoms with van der Waals surface area (Å²) in [6.07, 6.45) is 13.6. The van der Waals surface area contributed by atoms with Gasteiger partial charge in [-0.15, -0.1) is 0 Å². The van der Waals surface area contributed by atoms with Gasteiger partial charge in [0.1, 0.15) is 6.61 Å². The summed E-state index contributed by atoms with van der Waals surface area (Å²) in [7, 11) is 0. The van der Waals surface area contributed by atoms with Crippen molar-refractivity contribution in [3.05, 3.63) is 11.6 Å². The molecule has 0 bridgehead atoms. The standard InChI is InChI=1S/C29H48O4/c1-18(2)7-6-8-19(3)22-9-10-23-27-24(12-14-29(22,23)5)28(4)13-11-21(30)15-20(28)16-25(27)33-17-26(31)32/h16,18-19,21-25,27,30H,6-15,17H2,1-5H3,(H,31,32)/t19-,21-,22+,23-,24-,25+,27-,28-,29+/m0/s1. The lowest BCUT2D eigenvalue weighted by Gasteiger charge is -2.60. The zero-order valence-electron chi connectivity index (χ0n) is 21.7. The molecule has 0 saturated heterocycles. The van der Waals surface area contributed by atoms with Crippen LogP contribution >= 0.6 is 0 Å². The van der Waals surface area contributed by atoms with E-state index in [4.69, 9.17) is 4.74 Å². The van der Waals surface area contributed by atoms with E-state index in [0.29, 0.717) is 23.2 Å². The molecule has 4 heteroatoms. The monoisotopic (exact) mass is 460 g/mol. The number of aliphatic hydroxyl groups is 1. The van der Waals surface area contributed by atoms with Gasteiger partial charge in [0.25, 0.3) is 0 Å². The van der Waals surface area contributed by atoms with Crippen LogP contribution in [0.3, 0.4) is 0 Å². The number of hydrogen-bond donors (Lipinski definition) is 2. The predicted octanol–water partition coefficient (Wildman–Crippen LogP) is 6.47. The van der Waals surface area contributed by atoms with Crippen LogP contribution in [0.5, 0.6) is 0 Å². The molecule has 4 rings (SSSR count). The fourth-order valence-electron chi connectivity index (χ4n) is 8.95. The number of aliphatic carboxylic acids is 1. The first-order chi connectivity index (χ1) is 15.6. The zero-order valence-corrected chi connectivity index (χ0v) is 21.7. The topological polar surface area (TPSA) is 66.8 Å². The maximum atomic E-state index is 11.4. The van der Waals surface area contributed by atoms with Crippen molar-refractivity contribution in [1.29, 1.82) is 0 Å². The Balaban J connectivity index is 1.60. The Bertz CT molecular complexity index is 744. The molecule has 0 aromatic heterocycles. The summed E-state index contributed by atoms with van der Waals surface area (Å²) in [5, 5.41) is 19.7. The molecule has 4 aliphatic carbocycles. The largest absolute Gasteiger partial charge is 0.480 e. The molecule has 0 amide bonds. The van der Waals surface area contributed by atoms with E-state index in [2.05, 4.69) is 40.7 Å². The van der Waals surface area contributed by atoms with E-state index in [9.17, 15) is 15.0 Å². The number of rotatable bonds is 8. The average Bonchev–Trinajstić information content (AvgIpc) is 3.09. The highest BCUT2D eigenvalue weighted by molar-refractivity contribution is 5.68. The number of hydrogen-bond acceptors (Lipinski definition) is 3. The van der Waals surface area contributed by atoms with Gasteiger partial charge in [-0.25, -0.2) is 4.79 Å². The molecule has 0 aromatic rings. The number of aliphatic hydroxyl groups excluding tert-OH is 1. The van der Waals surface area contributed by atoms with Gasteiger partial charge >= 0.3 is 5.97 Å². The van der Waals surface area contributed by atoms with E-state index < -0.39 is 5.97 Å². The Morgan fingerprint density at radius 1 is 1.09 bits per heavy atom. The molecule has 0 spiro atoms. The molecule has 0 aromatic carbocycles. The second kappa shape index (κ2) is 9.64. The van der Waals surface area contributed by atoms with Crippen molar-refractivity contribution in [2.75, 3.05) is 6.61 Å². The van der Waals surface area contributed by atoms with Crippen LogP contribution in [0.25, 0.3) is 0 Å². The minimum Gasteiger partial charge on any atom is -0.480 e. The number of carbonyl (C=O) groups is 1. The first kappa shape index (κ1) is 25.2. The van der Waals surface area contributed by atoms with Crippen molar-refractivity contribution in [2.45, 2.75) is 111 Å². The van der Waals surface area contributed by atoms with Crippen LogP contribution in [0.1, 0.15) is 98.8 Å². The van der Waals surface area contributed by atoms with E-state index in [1.54, 1.807) is 0 Å². The van der Waals surface area contributed by atoms with Crippen LogP contribution in [0.15, 0.2) is 11.6 Å². The summed E-state index contributed by atoms with van der Waals surface area (Å²) < 4.78 is 6.13. The first-order valence-electron chi connectivity index (χ1n) is 13.8. The highest BCUT2D eigenvalue weighted by Crippen LogP contribution is 2.67. The van der Waals surface area contributed by atoms with Crippen LogP contribution in [-0.4, -0.2) is 35.0 Å². The summed E-state index contributed by atoms with van der Waals surface area (Å²) >= 11 is 0. The van der Waals surface area contributed by atoms with Crippen molar-refractivity contribution in [1.82, 2.24) is 0 Å². The Morgan fingerprint density at radius 2 is 1.85 bits per heavy atom. The van der Waals surface area contributed by atoms with Gasteiger partial charge < -0.3 is 14.9 Å². The first-order valence-corrected chi connectivity index (χ1v) is 13.8. The highest BCUT2D eigenvalue weighted by Gasteiger charge is 2.61. The van der Waals surface area contributed by atoms with E-state index in [1.807, 2.05) is 0 Å². The van der Waals surface area contributed by atoms with Crippen molar-refractivity contribution >= 4 is 5.97 Å². The lowest BCUT2D eigenvalue weighted by molar-refractivity contribution is -0.151. The molecule has 3 saturated carbocycles. The fourth-order valence-corrected chi connectivity index (χ4v) is 8.95. The van der Waals surface area contributed by atoms with Gasteiger partial charge in [-0.3, -0.25) is 0 Å². The molecule has 4 aliphatic rings. The Hall–Kier alpha value is -0.870. The summed E-state index contributed by atoms with van der Waals surface area (Å²) in [6, 6.07) is 0. The van der Waals surface area contributed by atoms with E-state index in [0.717, 1.165) is 37.0 Å². The SMILES string of the molecule is CC(C)CCC[C@H](C)[C@H]1CC[C@H]2[C@@H]3[C@H](OCC(=O)O)C=C4C[C@@H](O)CC[C@]4(C)[C@H]3CC[C@]12C. The maximum Gasteiger partial charge on any atom is 0.329 e. The molecule has 188 valence electrons. The highest BCUT2D eigenvalue weighted by atomic mass is 16.5. The maximum absolute atomic E-state index is 11.4. The van der Waals surface area contributed by atoms with Gasteiger partial charge in [-0.05, 0) is 91.3 Å². The van der Waals surface area contributed by atoms with Crippen LogP contribution in [0, 0.1) is 46.3 Å². The quantitative estimate of drug-likeness (QED) is 0.407. The number of carboxylic acids is 1. The van der Waals surface area contributed by atoms with Crippen molar-refractivity contribution in [2.24, 2.45) is 46.3 Å².